The van der Waals surface area contributed by atoms with Gasteiger partial charge in [-0.15, -0.1) is 0 Å². The van der Waals surface area contributed by atoms with Gasteiger partial charge in [-0.3, -0.25) is 17.5 Å². The quantitative estimate of drug-likeness (QED) is 0.205. The normalized spacial score (nSPS) is 8.62. The summed E-state index contributed by atoms with van der Waals surface area (Å²) in [6.45, 7) is 1.84. The summed E-state index contributed by atoms with van der Waals surface area (Å²) < 4.78 is 59.9. The first kappa shape index (κ1) is 31.3. The fourth-order valence-corrected chi connectivity index (χ4v) is 1.19. The van der Waals surface area contributed by atoms with Crippen molar-refractivity contribution in [2.75, 3.05) is 0 Å². The minimum atomic E-state index is -4.02. The Hall–Kier alpha value is -0.528. The number of benzene rings is 1. The Kier molecular flexibility index (Phi) is 22.5. The second-order valence-electron chi connectivity index (χ2n) is 3.22. The van der Waals surface area contributed by atoms with E-state index in [1.165, 1.54) is 12.1 Å². The van der Waals surface area contributed by atoms with Gasteiger partial charge in [0, 0.05) is 0 Å². The first-order valence-corrected chi connectivity index (χ1v) is 6.69. The fraction of sp³-hybridized carbons (Fsp3) is 0.143. The van der Waals surface area contributed by atoms with E-state index in [0.29, 0.717) is 0 Å². The zero-order chi connectivity index (χ0) is 19.2. The third-order valence-corrected chi connectivity index (χ3v) is 2.19. The van der Waals surface area contributed by atoms with Gasteiger partial charge in [-0.1, -0.05) is 17.7 Å². The zero-order valence-corrected chi connectivity index (χ0v) is 12.3. The molecule has 0 atom stereocenters. The molecule has 0 aromatic heterocycles. The minimum absolute atomic E-state index is 0. The Morgan fingerprint density at radius 2 is 1.00 bits per heavy atom. The zero-order valence-electron chi connectivity index (χ0n) is 11.5. The third-order valence-electron chi connectivity index (χ3n) is 1.32. The summed E-state index contributed by atoms with van der Waals surface area (Å²) in [7, 11) is -12.0. The summed E-state index contributed by atoms with van der Waals surface area (Å²) in [6.07, 6.45) is 0. The van der Waals surface area contributed by atoms with Gasteiger partial charge in [0.25, 0.3) is 10.1 Å². The van der Waals surface area contributed by atoms with Crippen LogP contribution >= 0.6 is 0 Å². The molecule has 0 aliphatic heterocycles. The van der Waals surface area contributed by atoms with Crippen LogP contribution in [0.15, 0.2) is 29.2 Å². The molecule has 9 nitrogen and oxygen atoms in total. The molecule has 1 aromatic carbocycles. The third kappa shape index (κ3) is 37.6. The van der Waals surface area contributed by atoms with Crippen LogP contribution in [0.5, 0.6) is 0 Å². The molecule has 0 bridgehead atoms. The maximum absolute atomic E-state index is 10.5. The van der Waals surface area contributed by atoms with E-state index in [9.17, 15) is 21.4 Å². The Morgan fingerprint density at radius 1 is 0.792 bits per heavy atom. The van der Waals surface area contributed by atoms with Gasteiger partial charge < -0.3 is 30.1 Å². The molecule has 7 N–H and O–H groups in total. The summed E-state index contributed by atoms with van der Waals surface area (Å²) in [4.78, 5) is -0.0666. The summed E-state index contributed by atoms with van der Waals surface area (Å²) in [6, 6.07) is 5.99. The Bertz CT molecular complexity index is 469. The molecule has 0 unspecified atom stereocenters. The van der Waals surface area contributed by atoms with E-state index in [1.807, 2.05) is 6.92 Å². The molecule has 0 spiro atoms. The monoisotopic (exact) mass is 372 g/mol. The summed E-state index contributed by atoms with van der Waals surface area (Å²) in [5, 5.41) is 41.7. The van der Waals surface area contributed by atoms with Gasteiger partial charge in [-0.2, -0.15) is 8.42 Å². The van der Waals surface area contributed by atoms with Gasteiger partial charge in [-0.25, -0.2) is 0 Å². The molecular weight excluding hydrogens is 357 g/mol. The first-order valence-electron chi connectivity index (χ1n) is 5.25. The second-order valence-corrected chi connectivity index (χ2v) is 4.64. The summed E-state index contributed by atoms with van der Waals surface area (Å²) in [5.41, 5.74) is 0.956. The number of halogens is 3. The SMILES string of the molecule is Cc1ccc(S(=O)(=O)O)cc1.OB(O)F.OB(O)F.OB(O)F.[LiH]. The Labute approximate surface area is 149 Å². The van der Waals surface area contributed by atoms with Crippen LogP contribution in [-0.4, -0.2) is 84.2 Å². The molecule has 0 amide bonds. The van der Waals surface area contributed by atoms with Crippen LogP contribution < -0.4 is 0 Å². The van der Waals surface area contributed by atoms with Crippen molar-refractivity contribution < 1.29 is 56.1 Å². The molecule has 0 saturated carbocycles. The molecule has 134 valence electrons. The predicted octanol–water partition coefficient (Wildman–Crippen LogP) is -2.63. The molecule has 0 aliphatic rings. The fourth-order valence-electron chi connectivity index (χ4n) is 0.710. The van der Waals surface area contributed by atoms with E-state index in [4.69, 9.17) is 34.7 Å². The van der Waals surface area contributed by atoms with Crippen molar-refractivity contribution in [1.82, 2.24) is 0 Å². The van der Waals surface area contributed by atoms with Gasteiger partial charge in [-0.05, 0) is 19.1 Å². The molecule has 0 heterocycles. The van der Waals surface area contributed by atoms with E-state index in [-0.39, 0.29) is 23.8 Å². The molecule has 0 saturated heterocycles. The summed E-state index contributed by atoms with van der Waals surface area (Å²) in [5.74, 6) is 0. The van der Waals surface area contributed by atoms with Crippen LogP contribution in [0.4, 0.5) is 12.9 Å². The second kappa shape index (κ2) is 17.3. The molecule has 24 heavy (non-hydrogen) atoms. The average Bonchev–Trinajstić information content (AvgIpc) is 2.25. The van der Waals surface area contributed by atoms with E-state index in [1.54, 1.807) is 12.1 Å². The van der Waals surface area contributed by atoms with Crippen molar-refractivity contribution in [3.63, 3.8) is 0 Å². The molecule has 0 radical (unpaired) electrons. The Balaban J connectivity index is -0.000000130. The van der Waals surface area contributed by atoms with Gasteiger partial charge in [0.05, 0.1) is 4.90 Å². The number of aryl methyl sites for hydroxylation is 1. The van der Waals surface area contributed by atoms with Crippen molar-refractivity contribution in [1.29, 1.82) is 0 Å². The van der Waals surface area contributed by atoms with Crippen LogP contribution in [0.25, 0.3) is 0 Å². The van der Waals surface area contributed by atoms with Crippen molar-refractivity contribution in [2.24, 2.45) is 0 Å². The van der Waals surface area contributed by atoms with Crippen molar-refractivity contribution in [3.05, 3.63) is 29.8 Å². The van der Waals surface area contributed by atoms with Crippen LogP contribution in [0.3, 0.4) is 0 Å². The van der Waals surface area contributed by atoms with Gasteiger partial charge in [0.15, 0.2) is 0 Å². The Morgan fingerprint density at radius 3 is 1.17 bits per heavy atom. The van der Waals surface area contributed by atoms with Crippen LogP contribution in [0, 0.1) is 6.92 Å². The van der Waals surface area contributed by atoms with Gasteiger partial charge >= 0.3 is 41.0 Å². The predicted molar refractivity (Wildman–Crippen MR) is 82.0 cm³/mol. The molecular formula is C7H15B3F3LiO9S. The topological polar surface area (TPSA) is 176 Å². The van der Waals surface area contributed by atoms with Crippen molar-refractivity contribution >= 4 is 51.2 Å². The van der Waals surface area contributed by atoms with E-state index < -0.39 is 32.3 Å². The maximum atomic E-state index is 10.5. The molecule has 0 fully saturated rings. The standard InChI is InChI=1S/C7H8O3S.3BFH2O2.Li.H/c1-6-2-4-7(5-3-6)11(8,9)10;3*2-1(3)4;;/h2-5H,1H3,(H,8,9,10);3*3-4H;;. The summed E-state index contributed by atoms with van der Waals surface area (Å²) >= 11 is 0. The number of hydrogen-bond acceptors (Lipinski definition) is 8. The van der Waals surface area contributed by atoms with Gasteiger partial charge in [0.2, 0.25) is 0 Å². The van der Waals surface area contributed by atoms with Crippen molar-refractivity contribution in [3.8, 4) is 0 Å². The van der Waals surface area contributed by atoms with E-state index in [0.717, 1.165) is 5.56 Å². The molecule has 17 heteroatoms. The average molecular weight is 372 g/mol. The van der Waals surface area contributed by atoms with Gasteiger partial charge in [0.1, 0.15) is 0 Å². The van der Waals surface area contributed by atoms with Crippen LogP contribution in [-0.2, 0) is 10.1 Å². The van der Waals surface area contributed by atoms with E-state index in [2.05, 4.69) is 0 Å². The van der Waals surface area contributed by atoms with Crippen molar-refractivity contribution in [2.45, 2.75) is 11.8 Å². The number of rotatable bonds is 1. The first-order chi connectivity index (χ1) is 10.2. The number of hydrogen-bond donors (Lipinski definition) is 7. The van der Waals surface area contributed by atoms with Crippen LogP contribution in [0.2, 0.25) is 0 Å². The molecule has 0 aliphatic carbocycles. The molecule has 1 aromatic rings. The van der Waals surface area contributed by atoms with Crippen LogP contribution in [0.1, 0.15) is 5.56 Å². The molecule has 1 rings (SSSR count). The van der Waals surface area contributed by atoms with E-state index >= 15 is 0 Å².